The first kappa shape index (κ1) is 24.9. The lowest BCUT2D eigenvalue weighted by molar-refractivity contribution is 0.302. The van der Waals surface area contributed by atoms with E-state index in [-0.39, 0.29) is 12.1 Å². The maximum absolute atomic E-state index is 11.5. The molecule has 2 fully saturated rings. The first-order valence-electron chi connectivity index (χ1n) is 11.8. The Hall–Kier alpha value is -3.75. The summed E-state index contributed by atoms with van der Waals surface area (Å²) in [5, 5.41) is 9.87. The van der Waals surface area contributed by atoms with Gasteiger partial charge < -0.3 is 19.3 Å². The number of nitrogens with one attached hydrogen (secondary N) is 1. The highest BCUT2D eigenvalue weighted by atomic mass is 35.5. The van der Waals surface area contributed by atoms with E-state index in [0.29, 0.717) is 33.7 Å². The molecule has 1 saturated heterocycles. The molecule has 192 valence electrons. The molecule has 1 N–H and O–H groups in total. The lowest BCUT2D eigenvalue weighted by Crippen LogP contribution is -2.46. The van der Waals surface area contributed by atoms with Crippen molar-refractivity contribution in [2.24, 2.45) is 0 Å². The number of aromatic nitrogens is 2. The van der Waals surface area contributed by atoms with Gasteiger partial charge in [0.1, 0.15) is 23.4 Å². The SMILES string of the molecule is CS(=O)(=O)Nc1nccc(N2CCN(c3ccc(Oc4cc(Cl)c(OC5CC5)c(C#N)c4)cc3)CC2)n1. The van der Waals surface area contributed by atoms with E-state index in [1.807, 2.05) is 24.3 Å². The minimum atomic E-state index is -3.44. The largest absolute Gasteiger partial charge is 0.487 e. The van der Waals surface area contributed by atoms with Crippen LogP contribution in [-0.2, 0) is 10.0 Å². The summed E-state index contributed by atoms with van der Waals surface area (Å²) in [7, 11) is -3.44. The maximum Gasteiger partial charge on any atom is 0.238 e. The van der Waals surface area contributed by atoms with Crippen molar-refractivity contribution in [2.75, 3.05) is 47.0 Å². The van der Waals surface area contributed by atoms with Crippen LogP contribution in [0.2, 0.25) is 5.02 Å². The Morgan fingerprint density at radius 1 is 1.05 bits per heavy atom. The van der Waals surface area contributed by atoms with Crippen LogP contribution in [-0.4, -0.2) is 56.9 Å². The van der Waals surface area contributed by atoms with E-state index in [9.17, 15) is 13.7 Å². The van der Waals surface area contributed by atoms with Crippen LogP contribution in [0.5, 0.6) is 17.2 Å². The monoisotopic (exact) mass is 540 g/mol. The summed E-state index contributed by atoms with van der Waals surface area (Å²) in [5.74, 6) is 2.25. The second kappa shape index (κ2) is 10.3. The van der Waals surface area contributed by atoms with Crippen LogP contribution in [0.3, 0.4) is 0 Å². The normalized spacial score (nSPS) is 15.7. The molecular weight excluding hydrogens is 516 g/mol. The number of hydrogen-bond donors (Lipinski definition) is 1. The van der Waals surface area contributed by atoms with E-state index in [2.05, 4.69) is 30.6 Å². The summed E-state index contributed by atoms with van der Waals surface area (Å²) in [4.78, 5) is 12.6. The third-order valence-electron chi connectivity index (χ3n) is 5.91. The number of nitrogens with zero attached hydrogens (tertiary/aromatic N) is 5. The molecule has 1 aliphatic heterocycles. The molecule has 2 aliphatic rings. The Bertz CT molecular complexity index is 1430. The van der Waals surface area contributed by atoms with E-state index >= 15 is 0 Å². The smallest absolute Gasteiger partial charge is 0.238 e. The molecule has 0 unspecified atom stereocenters. The molecular formula is C25H25ClN6O4S. The van der Waals surface area contributed by atoms with Gasteiger partial charge in [0, 0.05) is 50.2 Å². The standard InChI is InChI=1S/C25H25ClN6O4S/c1-37(33,34)30-25-28-9-8-23(29-25)32-12-10-31(11-13-32)18-2-4-19(5-3-18)35-21-14-17(16-27)24(22(26)15-21)36-20-6-7-20/h2-5,8-9,14-15,20H,6-7,10-13H2,1H3,(H,28,29,30). The minimum Gasteiger partial charge on any atom is -0.487 e. The summed E-state index contributed by atoms with van der Waals surface area (Å²) in [6.45, 7) is 2.97. The van der Waals surface area contributed by atoms with Crippen LogP contribution in [0.25, 0.3) is 0 Å². The van der Waals surface area contributed by atoms with Crippen molar-refractivity contribution in [3.63, 3.8) is 0 Å². The number of rotatable bonds is 8. The molecule has 37 heavy (non-hydrogen) atoms. The molecule has 5 rings (SSSR count). The highest BCUT2D eigenvalue weighted by molar-refractivity contribution is 7.91. The zero-order chi connectivity index (χ0) is 26.0. The Kier molecular flexibility index (Phi) is 6.95. The molecule has 2 heterocycles. The van der Waals surface area contributed by atoms with E-state index in [1.54, 1.807) is 24.4 Å². The Morgan fingerprint density at radius 2 is 1.76 bits per heavy atom. The van der Waals surface area contributed by atoms with Crippen molar-refractivity contribution in [3.05, 3.63) is 59.2 Å². The summed E-state index contributed by atoms with van der Waals surface area (Å²) in [6.07, 6.45) is 4.70. The Balaban J connectivity index is 1.20. The second-order valence-corrected chi connectivity index (χ2v) is 11.0. The number of ether oxygens (including phenoxy) is 2. The van der Waals surface area contributed by atoms with Gasteiger partial charge in [0.25, 0.3) is 0 Å². The first-order valence-corrected chi connectivity index (χ1v) is 14.0. The number of nitriles is 1. The molecule has 10 nitrogen and oxygen atoms in total. The molecule has 2 aromatic carbocycles. The van der Waals surface area contributed by atoms with Crippen molar-refractivity contribution in [1.29, 1.82) is 5.26 Å². The summed E-state index contributed by atoms with van der Waals surface area (Å²) in [6, 6.07) is 14.9. The van der Waals surface area contributed by atoms with Gasteiger partial charge >= 0.3 is 0 Å². The van der Waals surface area contributed by atoms with Gasteiger partial charge in [0.15, 0.2) is 5.75 Å². The molecule has 0 radical (unpaired) electrons. The quantitative estimate of drug-likeness (QED) is 0.451. The predicted molar refractivity (Wildman–Crippen MR) is 141 cm³/mol. The van der Waals surface area contributed by atoms with Gasteiger partial charge in [-0.1, -0.05) is 11.6 Å². The molecule has 1 aliphatic carbocycles. The number of hydrogen-bond acceptors (Lipinski definition) is 9. The predicted octanol–water partition coefficient (Wildman–Crippen LogP) is 4.03. The highest BCUT2D eigenvalue weighted by Crippen LogP contribution is 2.38. The van der Waals surface area contributed by atoms with Crippen molar-refractivity contribution < 1.29 is 17.9 Å². The Labute approximate surface area is 220 Å². The highest BCUT2D eigenvalue weighted by Gasteiger charge is 2.26. The fourth-order valence-corrected chi connectivity index (χ4v) is 4.66. The lowest BCUT2D eigenvalue weighted by atomic mass is 10.2. The summed E-state index contributed by atoms with van der Waals surface area (Å²) in [5.41, 5.74) is 1.41. The molecule has 0 spiro atoms. The van der Waals surface area contributed by atoms with Crippen LogP contribution in [0.4, 0.5) is 17.5 Å². The first-order chi connectivity index (χ1) is 17.8. The van der Waals surface area contributed by atoms with Gasteiger partial charge in [-0.05, 0) is 43.2 Å². The average molecular weight is 541 g/mol. The molecule has 0 amide bonds. The van der Waals surface area contributed by atoms with E-state index in [0.717, 1.165) is 51.0 Å². The summed E-state index contributed by atoms with van der Waals surface area (Å²) < 4.78 is 37.0. The van der Waals surface area contributed by atoms with Gasteiger partial charge in [0.2, 0.25) is 16.0 Å². The fraction of sp³-hybridized carbons (Fsp3) is 0.320. The van der Waals surface area contributed by atoms with Crippen molar-refractivity contribution in [1.82, 2.24) is 9.97 Å². The van der Waals surface area contributed by atoms with Gasteiger partial charge in [-0.2, -0.15) is 10.2 Å². The van der Waals surface area contributed by atoms with Gasteiger partial charge in [0.05, 0.1) is 22.9 Å². The second-order valence-electron chi connectivity index (χ2n) is 8.89. The van der Waals surface area contributed by atoms with E-state index in [4.69, 9.17) is 21.1 Å². The van der Waals surface area contributed by atoms with Gasteiger partial charge in [-0.25, -0.2) is 13.4 Å². The zero-order valence-corrected chi connectivity index (χ0v) is 21.7. The molecule has 0 bridgehead atoms. The van der Waals surface area contributed by atoms with Crippen molar-refractivity contribution in [2.45, 2.75) is 18.9 Å². The van der Waals surface area contributed by atoms with Crippen molar-refractivity contribution in [3.8, 4) is 23.3 Å². The van der Waals surface area contributed by atoms with Crippen LogP contribution < -0.4 is 24.0 Å². The van der Waals surface area contributed by atoms with Crippen LogP contribution in [0.1, 0.15) is 18.4 Å². The average Bonchev–Trinajstić information content (AvgIpc) is 3.69. The number of sulfonamides is 1. The summed E-state index contributed by atoms with van der Waals surface area (Å²) >= 11 is 6.37. The molecule has 1 saturated carbocycles. The van der Waals surface area contributed by atoms with Crippen LogP contribution >= 0.6 is 11.6 Å². The number of anilines is 3. The molecule has 3 aromatic rings. The van der Waals surface area contributed by atoms with Gasteiger partial charge in [-0.3, -0.25) is 4.72 Å². The minimum absolute atomic E-state index is 0.0614. The third kappa shape index (κ3) is 6.34. The van der Waals surface area contributed by atoms with E-state index in [1.165, 1.54) is 0 Å². The molecule has 12 heteroatoms. The van der Waals surface area contributed by atoms with E-state index < -0.39 is 10.0 Å². The Morgan fingerprint density at radius 3 is 2.41 bits per heavy atom. The van der Waals surface area contributed by atoms with Crippen molar-refractivity contribution >= 4 is 39.1 Å². The topological polar surface area (TPSA) is 121 Å². The fourth-order valence-electron chi connectivity index (χ4n) is 3.98. The van der Waals surface area contributed by atoms with Gasteiger partial charge in [-0.15, -0.1) is 0 Å². The molecule has 1 aromatic heterocycles. The molecule has 0 atom stereocenters. The maximum atomic E-state index is 11.5. The zero-order valence-electron chi connectivity index (χ0n) is 20.1. The van der Waals surface area contributed by atoms with Crippen LogP contribution in [0.15, 0.2) is 48.7 Å². The number of piperazine rings is 1. The van der Waals surface area contributed by atoms with Crippen LogP contribution in [0, 0.1) is 11.3 Å². The number of halogens is 1. The third-order valence-corrected chi connectivity index (χ3v) is 6.74. The number of benzene rings is 2. The lowest BCUT2D eigenvalue weighted by Gasteiger charge is -2.36.